The molecule has 0 aliphatic rings. The maximum atomic E-state index is 14.8. The number of carbonyl (C=O) groups is 2. The molecule has 11 nitrogen and oxygen atoms in total. The number of aryl methyl sites for hydroxylation is 1. The summed E-state index contributed by atoms with van der Waals surface area (Å²) in [4.78, 5) is 34.1. The Balaban J connectivity index is 1.31. The molecule has 0 fully saturated rings. The largest absolute Gasteiger partial charge is 0.457 e. The molecule has 1 unspecified atom stereocenters. The normalized spacial score (nSPS) is 11.7. The molecule has 0 saturated heterocycles. The van der Waals surface area contributed by atoms with Gasteiger partial charge in [0.05, 0.1) is 41.0 Å². The number of aliphatic hydroxyl groups excluding tert-OH is 2. The molecule has 4 aromatic rings. The zero-order valence-electron chi connectivity index (χ0n) is 24.2. The van der Waals surface area contributed by atoms with Crippen LogP contribution in [0.25, 0.3) is 11.4 Å². The van der Waals surface area contributed by atoms with Gasteiger partial charge in [0, 0.05) is 37.6 Å². The number of aromatic amines is 1. The number of anilines is 2. The van der Waals surface area contributed by atoms with Crippen LogP contribution >= 0.6 is 0 Å². The SMILES string of the molecule is Cc1ccc(F)c(NC(=O)Nc2ccc(Oc3ccnc(-c4cc(C(=O)NCCCN(C)CC(O)CO)c[nH]4)c3)cc2F)c1. The maximum Gasteiger partial charge on any atom is 0.323 e. The predicted octanol–water partition coefficient (Wildman–Crippen LogP) is 4.50. The minimum absolute atomic E-state index is 0.0253. The van der Waals surface area contributed by atoms with Gasteiger partial charge in [0.1, 0.15) is 23.1 Å². The van der Waals surface area contributed by atoms with Gasteiger partial charge in [-0.05, 0) is 68.9 Å². The van der Waals surface area contributed by atoms with Crippen LogP contribution in [0.3, 0.4) is 0 Å². The summed E-state index contributed by atoms with van der Waals surface area (Å²) in [5, 5.41) is 26.0. The minimum Gasteiger partial charge on any atom is -0.457 e. The van der Waals surface area contributed by atoms with Crippen LogP contribution in [0.1, 0.15) is 22.3 Å². The third-order valence-corrected chi connectivity index (χ3v) is 6.48. The summed E-state index contributed by atoms with van der Waals surface area (Å²) in [7, 11) is 1.82. The van der Waals surface area contributed by atoms with E-state index in [1.807, 2.05) is 11.9 Å². The Morgan fingerprint density at radius 2 is 1.80 bits per heavy atom. The number of amides is 3. The van der Waals surface area contributed by atoms with Crippen molar-refractivity contribution in [3.63, 3.8) is 0 Å². The first-order valence-electron chi connectivity index (χ1n) is 13.8. The van der Waals surface area contributed by atoms with Crippen molar-refractivity contribution in [1.82, 2.24) is 20.2 Å². The quantitative estimate of drug-likeness (QED) is 0.122. The number of benzene rings is 2. The molecule has 3 amide bonds. The van der Waals surface area contributed by atoms with E-state index in [0.717, 1.165) is 11.6 Å². The van der Waals surface area contributed by atoms with Gasteiger partial charge in [-0.2, -0.15) is 0 Å². The third kappa shape index (κ3) is 9.07. The standard InChI is InChI=1S/C31H34F2N6O5/c1-19-4-6-24(32)27(12-19)38-31(43)37-26-7-5-22(14-25(26)33)44-23-8-10-34-29(15-23)28-13-20(16-36-28)30(42)35-9-3-11-39(2)17-21(41)18-40/h4-8,10,12-16,21,36,40-41H,3,9,11,17-18H2,1-2H3,(H,35,42)(H2,37,38,43). The van der Waals surface area contributed by atoms with Crippen molar-refractivity contribution in [1.29, 1.82) is 0 Å². The van der Waals surface area contributed by atoms with Crippen molar-refractivity contribution < 1.29 is 33.3 Å². The molecule has 44 heavy (non-hydrogen) atoms. The van der Waals surface area contributed by atoms with Gasteiger partial charge in [-0.3, -0.25) is 9.78 Å². The molecule has 0 bridgehead atoms. The van der Waals surface area contributed by atoms with Crippen molar-refractivity contribution in [3.05, 3.63) is 89.8 Å². The van der Waals surface area contributed by atoms with Crippen LogP contribution in [-0.4, -0.2) is 76.4 Å². The van der Waals surface area contributed by atoms with Gasteiger partial charge in [0.2, 0.25) is 0 Å². The number of urea groups is 1. The molecule has 2 aromatic carbocycles. The van der Waals surface area contributed by atoms with Crippen LogP contribution in [0, 0.1) is 18.6 Å². The average Bonchev–Trinajstić information content (AvgIpc) is 3.49. The van der Waals surface area contributed by atoms with Gasteiger partial charge in [0.15, 0.2) is 0 Å². The van der Waals surface area contributed by atoms with Crippen LogP contribution in [0.4, 0.5) is 25.0 Å². The van der Waals surface area contributed by atoms with E-state index in [9.17, 15) is 23.5 Å². The number of aromatic nitrogens is 2. The van der Waals surface area contributed by atoms with Gasteiger partial charge in [-0.15, -0.1) is 0 Å². The smallest absolute Gasteiger partial charge is 0.323 e. The number of hydrogen-bond acceptors (Lipinski definition) is 7. The number of halogens is 2. The van der Waals surface area contributed by atoms with Crippen molar-refractivity contribution in [2.24, 2.45) is 0 Å². The summed E-state index contributed by atoms with van der Waals surface area (Å²) in [6.45, 7) is 2.87. The molecule has 0 aliphatic heterocycles. The average molecular weight is 609 g/mol. The Hall–Kier alpha value is -4.85. The Morgan fingerprint density at radius 3 is 2.57 bits per heavy atom. The highest BCUT2D eigenvalue weighted by Gasteiger charge is 2.14. The number of ether oxygens (including phenoxy) is 1. The molecular formula is C31H34F2N6O5. The van der Waals surface area contributed by atoms with Crippen molar-refractivity contribution in [2.75, 3.05) is 43.9 Å². The van der Waals surface area contributed by atoms with Gasteiger partial charge in [0.25, 0.3) is 5.91 Å². The maximum absolute atomic E-state index is 14.8. The Bertz CT molecular complexity index is 1600. The Kier molecular flexibility index (Phi) is 11.0. The highest BCUT2D eigenvalue weighted by molar-refractivity contribution is 6.00. The number of pyridine rings is 1. The molecule has 2 heterocycles. The number of aliphatic hydroxyl groups is 2. The number of likely N-dealkylation sites (N-methyl/N-ethyl adjacent to an activating group) is 1. The van der Waals surface area contributed by atoms with Crippen molar-refractivity contribution >= 4 is 23.3 Å². The van der Waals surface area contributed by atoms with Crippen molar-refractivity contribution in [2.45, 2.75) is 19.4 Å². The summed E-state index contributed by atoms with van der Waals surface area (Å²) in [6, 6.07) is 12.2. The fourth-order valence-electron chi connectivity index (χ4n) is 4.26. The summed E-state index contributed by atoms with van der Waals surface area (Å²) in [5.41, 5.74) is 2.08. The molecule has 13 heteroatoms. The van der Waals surface area contributed by atoms with Crippen LogP contribution < -0.4 is 20.7 Å². The van der Waals surface area contributed by atoms with E-state index in [1.165, 1.54) is 30.5 Å². The molecule has 0 saturated carbocycles. The first-order chi connectivity index (χ1) is 21.1. The second-order valence-corrected chi connectivity index (χ2v) is 10.2. The fourth-order valence-corrected chi connectivity index (χ4v) is 4.26. The molecule has 0 spiro atoms. The van der Waals surface area contributed by atoms with E-state index in [-0.39, 0.29) is 29.6 Å². The van der Waals surface area contributed by atoms with E-state index in [4.69, 9.17) is 9.84 Å². The second-order valence-electron chi connectivity index (χ2n) is 10.2. The van der Waals surface area contributed by atoms with Crippen molar-refractivity contribution in [3.8, 4) is 22.9 Å². The van der Waals surface area contributed by atoms with E-state index in [2.05, 4.69) is 25.9 Å². The first-order valence-corrected chi connectivity index (χ1v) is 13.8. The number of H-pyrrole nitrogens is 1. The molecule has 0 radical (unpaired) electrons. The Morgan fingerprint density at radius 1 is 1.02 bits per heavy atom. The third-order valence-electron chi connectivity index (χ3n) is 6.48. The summed E-state index contributed by atoms with van der Waals surface area (Å²) in [5.74, 6) is -1.11. The molecular weight excluding hydrogens is 574 g/mol. The lowest BCUT2D eigenvalue weighted by molar-refractivity contribution is 0.0662. The van der Waals surface area contributed by atoms with Crippen LogP contribution in [0.5, 0.6) is 11.5 Å². The summed E-state index contributed by atoms with van der Waals surface area (Å²) < 4.78 is 34.5. The van der Waals surface area contributed by atoms with Crippen LogP contribution in [0.15, 0.2) is 67.0 Å². The Labute approximate surface area is 252 Å². The summed E-state index contributed by atoms with van der Waals surface area (Å²) >= 11 is 0. The minimum atomic E-state index is -0.803. The zero-order valence-corrected chi connectivity index (χ0v) is 24.2. The number of rotatable bonds is 13. The summed E-state index contributed by atoms with van der Waals surface area (Å²) in [6.07, 6.45) is 2.94. The molecule has 1 atom stereocenters. The molecule has 6 N–H and O–H groups in total. The number of carbonyl (C=O) groups excluding carboxylic acids is 2. The van der Waals surface area contributed by atoms with E-state index < -0.39 is 23.8 Å². The highest BCUT2D eigenvalue weighted by atomic mass is 19.1. The molecule has 2 aromatic heterocycles. The fraction of sp³-hybridized carbons (Fsp3) is 0.258. The van der Waals surface area contributed by atoms with Gasteiger partial charge >= 0.3 is 6.03 Å². The van der Waals surface area contributed by atoms with Gasteiger partial charge in [-0.25, -0.2) is 13.6 Å². The van der Waals surface area contributed by atoms with Gasteiger partial charge < -0.3 is 40.8 Å². The number of nitrogens with one attached hydrogen (secondary N) is 4. The predicted molar refractivity (Wildman–Crippen MR) is 162 cm³/mol. The molecule has 0 aliphatic carbocycles. The van der Waals surface area contributed by atoms with E-state index >= 15 is 0 Å². The highest BCUT2D eigenvalue weighted by Crippen LogP contribution is 2.28. The molecule has 232 valence electrons. The van der Waals surface area contributed by atoms with Gasteiger partial charge in [-0.1, -0.05) is 6.07 Å². The number of nitrogens with zero attached hydrogens (tertiary/aromatic N) is 2. The monoisotopic (exact) mass is 608 g/mol. The lowest BCUT2D eigenvalue weighted by Crippen LogP contribution is -2.33. The second kappa shape index (κ2) is 15.0. The first kappa shape index (κ1) is 32.1. The van der Waals surface area contributed by atoms with E-state index in [1.54, 1.807) is 37.4 Å². The topological polar surface area (TPSA) is 152 Å². The zero-order chi connectivity index (χ0) is 31.6. The van der Waals surface area contributed by atoms with Crippen LogP contribution in [0.2, 0.25) is 0 Å². The van der Waals surface area contributed by atoms with Crippen LogP contribution in [-0.2, 0) is 0 Å². The number of hydrogen-bond donors (Lipinski definition) is 6. The lowest BCUT2D eigenvalue weighted by atomic mass is 10.2. The molecule has 4 rings (SSSR count). The lowest BCUT2D eigenvalue weighted by Gasteiger charge is -2.19. The van der Waals surface area contributed by atoms with E-state index in [0.29, 0.717) is 48.8 Å².